The molecular formula is C17H29NOS. The maximum absolute atomic E-state index is 12.7. The minimum absolute atomic E-state index is 0.252. The summed E-state index contributed by atoms with van der Waals surface area (Å²) >= 11 is 0. The zero-order valence-electron chi connectivity index (χ0n) is 13.1. The summed E-state index contributed by atoms with van der Waals surface area (Å²) in [5.41, 5.74) is 1.18. The SMILES string of the molecule is CCCNC(CCC)C(CC)S(=O)Cc1ccccc1. The van der Waals surface area contributed by atoms with Crippen LogP contribution < -0.4 is 5.32 Å². The maximum Gasteiger partial charge on any atom is 0.0502 e. The molecule has 0 saturated carbocycles. The highest BCUT2D eigenvalue weighted by Crippen LogP contribution is 2.16. The van der Waals surface area contributed by atoms with Crippen molar-refractivity contribution in [1.82, 2.24) is 5.32 Å². The summed E-state index contributed by atoms with van der Waals surface area (Å²) in [4.78, 5) is 0. The van der Waals surface area contributed by atoms with Gasteiger partial charge in [0.05, 0.1) is 5.25 Å². The van der Waals surface area contributed by atoms with Gasteiger partial charge in [-0.05, 0) is 31.4 Å². The molecule has 0 aliphatic heterocycles. The Kier molecular flexibility index (Phi) is 8.79. The lowest BCUT2D eigenvalue weighted by molar-refractivity contribution is 0.447. The summed E-state index contributed by atoms with van der Waals surface area (Å²) in [7, 11) is -0.806. The van der Waals surface area contributed by atoms with Crippen LogP contribution in [0, 0.1) is 0 Å². The van der Waals surface area contributed by atoms with Crippen molar-refractivity contribution >= 4 is 10.8 Å². The van der Waals surface area contributed by atoms with Crippen LogP contribution in [0.5, 0.6) is 0 Å². The molecule has 3 atom stereocenters. The number of benzene rings is 1. The first-order chi connectivity index (χ1) is 9.72. The quantitative estimate of drug-likeness (QED) is 0.709. The molecule has 3 unspecified atom stereocenters. The predicted molar refractivity (Wildman–Crippen MR) is 89.4 cm³/mol. The van der Waals surface area contributed by atoms with Gasteiger partial charge in [-0.15, -0.1) is 0 Å². The molecule has 1 rings (SSSR count). The first kappa shape index (κ1) is 17.4. The molecule has 0 aliphatic carbocycles. The number of hydrogen-bond acceptors (Lipinski definition) is 2. The number of hydrogen-bond donors (Lipinski definition) is 1. The molecule has 1 aromatic carbocycles. The van der Waals surface area contributed by atoms with Crippen LogP contribution in [0.4, 0.5) is 0 Å². The van der Waals surface area contributed by atoms with E-state index in [1.807, 2.05) is 18.2 Å². The monoisotopic (exact) mass is 295 g/mol. The van der Waals surface area contributed by atoms with Crippen molar-refractivity contribution < 1.29 is 4.21 Å². The largest absolute Gasteiger partial charge is 0.313 e. The van der Waals surface area contributed by atoms with Gasteiger partial charge in [0.2, 0.25) is 0 Å². The fraction of sp³-hybridized carbons (Fsp3) is 0.647. The van der Waals surface area contributed by atoms with Gasteiger partial charge in [-0.1, -0.05) is 57.5 Å². The van der Waals surface area contributed by atoms with Crippen LogP contribution >= 0.6 is 0 Å². The van der Waals surface area contributed by atoms with Crippen LogP contribution in [-0.4, -0.2) is 22.0 Å². The smallest absolute Gasteiger partial charge is 0.0502 e. The molecule has 0 saturated heterocycles. The third-order valence-electron chi connectivity index (χ3n) is 3.60. The van der Waals surface area contributed by atoms with Crippen LogP contribution in [0.3, 0.4) is 0 Å². The zero-order chi connectivity index (χ0) is 14.8. The molecule has 0 amide bonds. The van der Waals surface area contributed by atoms with E-state index >= 15 is 0 Å². The summed E-state index contributed by atoms with van der Waals surface area (Å²) in [6.45, 7) is 7.55. The molecule has 3 heteroatoms. The average molecular weight is 295 g/mol. The van der Waals surface area contributed by atoms with Crippen molar-refractivity contribution in [2.45, 2.75) is 63.5 Å². The summed E-state index contributed by atoms with van der Waals surface area (Å²) < 4.78 is 12.7. The van der Waals surface area contributed by atoms with Gasteiger partial charge < -0.3 is 5.32 Å². The third-order valence-corrected chi connectivity index (χ3v) is 5.55. The normalized spacial score (nSPS) is 15.8. The molecule has 1 N–H and O–H groups in total. The summed E-state index contributed by atoms with van der Waals surface area (Å²) in [5.74, 6) is 0.674. The van der Waals surface area contributed by atoms with E-state index in [4.69, 9.17) is 0 Å². The molecular weight excluding hydrogens is 266 g/mol. The van der Waals surface area contributed by atoms with Crippen molar-refractivity contribution in [3.8, 4) is 0 Å². The molecule has 0 radical (unpaired) electrons. The lowest BCUT2D eigenvalue weighted by atomic mass is 10.1. The molecule has 0 heterocycles. The Labute approximate surface area is 126 Å². The molecule has 20 heavy (non-hydrogen) atoms. The van der Waals surface area contributed by atoms with Gasteiger partial charge in [0.25, 0.3) is 0 Å². The highest BCUT2D eigenvalue weighted by molar-refractivity contribution is 7.84. The third kappa shape index (κ3) is 5.76. The van der Waals surface area contributed by atoms with Gasteiger partial charge in [0.15, 0.2) is 0 Å². The summed E-state index contributed by atoms with van der Waals surface area (Å²) in [6.07, 6.45) is 4.35. The van der Waals surface area contributed by atoms with E-state index in [9.17, 15) is 4.21 Å². The molecule has 2 nitrogen and oxygen atoms in total. The van der Waals surface area contributed by atoms with Gasteiger partial charge >= 0.3 is 0 Å². The minimum atomic E-state index is -0.806. The second kappa shape index (κ2) is 10.1. The minimum Gasteiger partial charge on any atom is -0.313 e. The van der Waals surface area contributed by atoms with Gasteiger partial charge in [-0.25, -0.2) is 0 Å². The molecule has 114 valence electrons. The second-order valence-electron chi connectivity index (χ2n) is 5.31. The summed E-state index contributed by atoms with van der Waals surface area (Å²) in [5, 5.41) is 3.85. The first-order valence-corrected chi connectivity index (χ1v) is 9.25. The zero-order valence-corrected chi connectivity index (χ0v) is 13.9. The van der Waals surface area contributed by atoms with Crippen LogP contribution in [0.25, 0.3) is 0 Å². The van der Waals surface area contributed by atoms with Crippen LogP contribution in [0.15, 0.2) is 30.3 Å². The van der Waals surface area contributed by atoms with Gasteiger partial charge in [0.1, 0.15) is 0 Å². The summed E-state index contributed by atoms with van der Waals surface area (Å²) in [6, 6.07) is 10.6. The standard InChI is InChI=1S/C17H29NOS/c1-4-10-16(18-13-5-2)17(6-3)20(19)14-15-11-8-7-9-12-15/h7-9,11-12,16-18H,4-6,10,13-14H2,1-3H3. The maximum atomic E-state index is 12.7. The van der Waals surface area contributed by atoms with Gasteiger partial charge in [-0.2, -0.15) is 0 Å². The van der Waals surface area contributed by atoms with Crippen LogP contribution in [-0.2, 0) is 16.6 Å². The lowest BCUT2D eigenvalue weighted by Crippen LogP contribution is -2.42. The van der Waals surface area contributed by atoms with Crippen molar-refractivity contribution in [1.29, 1.82) is 0 Å². The second-order valence-corrected chi connectivity index (χ2v) is 6.96. The van der Waals surface area contributed by atoms with Crippen LogP contribution in [0.2, 0.25) is 0 Å². The van der Waals surface area contributed by atoms with Crippen molar-refractivity contribution in [3.05, 3.63) is 35.9 Å². The first-order valence-electron chi connectivity index (χ1n) is 7.87. The van der Waals surface area contributed by atoms with E-state index in [2.05, 4.69) is 38.2 Å². The predicted octanol–water partition coefficient (Wildman–Crippen LogP) is 3.88. The van der Waals surface area contributed by atoms with E-state index in [-0.39, 0.29) is 5.25 Å². The van der Waals surface area contributed by atoms with Crippen LogP contribution in [0.1, 0.15) is 52.0 Å². The van der Waals surface area contributed by atoms with Gasteiger partial charge in [0, 0.05) is 22.6 Å². The van der Waals surface area contributed by atoms with E-state index in [1.165, 1.54) is 5.56 Å². The Balaban J connectivity index is 2.67. The molecule has 1 aromatic rings. The highest BCUT2D eigenvalue weighted by atomic mass is 32.2. The van der Waals surface area contributed by atoms with Crippen molar-refractivity contribution in [2.24, 2.45) is 0 Å². The van der Waals surface area contributed by atoms with E-state index in [1.54, 1.807) is 0 Å². The fourth-order valence-electron chi connectivity index (χ4n) is 2.56. The highest BCUT2D eigenvalue weighted by Gasteiger charge is 2.24. The van der Waals surface area contributed by atoms with E-state index in [0.29, 0.717) is 11.8 Å². The lowest BCUT2D eigenvalue weighted by Gasteiger charge is -2.26. The van der Waals surface area contributed by atoms with E-state index < -0.39 is 10.8 Å². The van der Waals surface area contributed by atoms with Crippen molar-refractivity contribution in [3.63, 3.8) is 0 Å². The number of rotatable bonds is 10. The Morgan fingerprint density at radius 3 is 2.35 bits per heavy atom. The molecule has 0 spiro atoms. The molecule has 0 aliphatic rings. The Morgan fingerprint density at radius 1 is 1.10 bits per heavy atom. The Morgan fingerprint density at radius 2 is 1.80 bits per heavy atom. The van der Waals surface area contributed by atoms with E-state index in [0.717, 1.165) is 32.2 Å². The average Bonchev–Trinajstić information content (AvgIpc) is 2.46. The number of nitrogens with one attached hydrogen (secondary N) is 1. The fourth-order valence-corrected chi connectivity index (χ4v) is 4.26. The molecule has 0 fully saturated rings. The Bertz CT molecular complexity index is 380. The Hall–Kier alpha value is -0.670. The van der Waals surface area contributed by atoms with Crippen molar-refractivity contribution in [2.75, 3.05) is 6.54 Å². The molecule has 0 bridgehead atoms. The topological polar surface area (TPSA) is 29.1 Å². The van der Waals surface area contributed by atoms with Gasteiger partial charge in [-0.3, -0.25) is 4.21 Å². The molecule has 0 aromatic heterocycles.